The molecule has 0 amide bonds. The Bertz CT molecular complexity index is 279. The summed E-state index contributed by atoms with van der Waals surface area (Å²) in [4.78, 5) is 0. The Morgan fingerprint density at radius 3 is 2.44 bits per heavy atom. The number of fused-ring (bicyclic) bond motifs is 1. The lowest BCUT2D eigenvalue weighted by atomic mass is 9.52. The van der Waals surface area contributed by atoms with E-state index in [4.69, 9.17) is 0 Å². The topological polar surface area (TPSA) is 20.2 Å². The molecule has 0 aromatic carbocycles. The zero-order valence-corrected chi connectivity index (χ0v) is 11.0. The molecule has 2 saturated carbocycles. The van der Waals surface area contributed by atoms with Crippen LogP contribution in [-0.2, 0) is 0 Å². The first-order valence-corrected chi connectivity index (χ1v) is 6.85. The molecule has 2 fully saturated rings. The van der Waals surface area contributed by atoms with E-state index < -0.39 is 0 Å². The SMILES string of the molecule is C=C(O)[C@]12CCC(C)[C@H](C)[C@H]1C[C@@H](C)CC2. The summed E-state index contributed by atoms with van der Waals surface area (Å²) in [5, 5.41) is 10.1. The van der Waals surface area contributed by atoms with Crippen molar-refractivity contribution in [3.63, 3.8) is 0 Å². The standard InChI is InChI=1S/C15H26O/c1-10-5-7-15(13(4)16)8-6-11(2)12(3)14(15)9-10/h10-12,14,16H,4-9H2,1-3H3/t10-,11?,12-,14+,15-/m0/s1. The summed E-state index contributed by atoms with van der Waals surface area (Å²) in [5.74, 6) is 3.51. The van der Waals surface area contributed by atoms with Crippen molar-refractivity contribution < 1.29 is 5.11 Å². The summed E-state index contributed by atoms with van der Waals surface area (Å²) in [6, 6.07) is 0. The Labute approximate surface area is 99.9 Å². The van der Waals surface area contributed by atoms with Crippen molar-refractivity contribution in [2.24, 2.45) is 29.1 Å². The van der Waals surface area contributed by atoms with Gasteiger partial charge in [0.25, 0.3) is 0 Å². The second-order valence-electron chi connectivity index (χ2n) is 6.46. The number of hydrogen-bond donors (Lipinski definition) is 1. The molecule has 0 radical (unpaired) electrons. The molecular formula is C15H26O. The zero-order chi connectivity index (χ0) is 11.9. The van der Waals surface area contributed by atoms with Gasteiger partial charge in [-0.2, -0.15) is 0 Å². The van der Waals surface area contributed by atoms with Crippen LogP contribution >= 0.6 is 0 Å². The molecule has 2 aliphatic carbocycles. The highest BCUT2D eigenvalue weighted by Gasteiger charge is 2.50. The minimum absolute atomic E-state index is 0.0679. The van der Waals surface area contributed by atoms with E-state index >= 15 is 0 Å². The van der Waals surface area contributed by atoms with Crippen molar-refractivity contribution in [3.05, 3.63) is 12.3 Å². The molecule has 0 bridgehead atoms. The van der Waals surface area contributed by atoms with Crippen LogP contribution in [0, 0.1) is 29.1 Å². The van der Waals surface area contributed by atoms with Gasteiger partial charge in [-0.25, -0.2) is 0 Å². The predicted molar refractivity (Wildman–Crippen MR) is 68.3 cm³/mol. The fraction of sp³-hybridized carbons (Fsp3) is 0.867. The van der Waals surface area contributed by atoms with E-state index in [0.717, 1.165) is 30.6 Å². The van der Waals surface area contributed by atoms with Crippen LogP contribution in [0.25, 0.3) is 0 Å². The number of hydrogen-bond acceptors (Lipinski definition) is 1. The Morgan fingerprint density at radius 1 is 1.19 bits per heavy atom. The van der Waals surface area contributed by atoms with Crippen LogP contribution < -0.4 is 0 Å². The van der Waals surface area contributed by atoms with Gasteiger partial charge in [0.2, 0.25) is 0 Å². The lowest BCUT2D eigenvalue weighted by Gasteiger charge is -2.53. The first-order valence-electron chi connectivity index (χ1n) is 6.85. The van der Waals surface area contributed by atoms with E-state index in [1.54, 1.807) is 0 Å². The summed E-state index contributed by atoms with van der Waals surface area (Å²) >= 11 is 0. The molecule has 1 N–H and O–H groups in total. The molecular weight excluding hydrogens is 196 g/mol. The second-order valence-corrected chi connectivity index (χ2v) is 6.46. The minimum atomic E-state index is 0.0679. The van der Waals surface area contributed by atoms with E-state index in [2.05, 4.69) is 27.4 Å². The Hall–Kier alpha value is -0.460. The summed E-state index contributed by atoms with van der Waals surface area (Å²) in [6.45, 7) is 11.0. The van der Waals surface area contributed by atoms with Crippen molar-refractivity contribution in [2.75, 3.05) is 0 Å². The van der Waals surface area contributed by atoms with Gasteiger partial charge in [-0.3, -0.25) is 0 Å². The van der Waals surface area contributed by atoms with E-state index in [1.807, 2.05) is 0 Å². The molecule has 0 aromatic rings. The van der Waals surface area contributed by atoms with E-state index in [9.17, 15) is 5.11 Å². The van der Waals surface area contributed by atoms with Crippen molar-refractivity contribution in [3.8, 4) is 0 Å². The maximum absolute atomic E-state index is 10.1. The van der Waals surface area contributed by atoms with Crippen molar-refractivity contribution in [1.29, 1.82) is 0 Å². The van der Waals surface area contributed by atoms with E-state index in [1.165, 1.54) is 19.3 Å². The third-order valence-corrected chi connectivity index (χ3v) is 5.60. The highest BCUT2D eigenvalue weighted by atomic mass is 16.3. The molecule has 16 heavy (non-hydrogen) atoms. The maximum atomic E-state index is 10.1. The second kappa shape index (κ2) is 4.09. The Balaban J connectivity index is 2.29. The average molecular weight is 222 g/mol. The molecule has 92 valence electrons. The van der Waals surface area contributed by atoms with Gasteiger partial charge in [0, 0.05) is 5.41 Å². The van der Waals surface area contributed by atoms with Gasteiger partial charge in [0.15, 0.2) is 0 Å². The van der Waals surface area contributed by atoms with Crippen LogP contribution in [-0.4, -0.2) is 5.11 Å². The average Bonchev–Trinajstić information content (AvgIpc) is 2.24. The van der Waals surface area contributed by atoms with Crippen LogP contribution in [0.15, 0.2) is 12.3 Å². The number of allylic oxidation sites excluding steroid dienone is 1. The summed E-state index contributed by atoms with van der Waals surface area (Å²) < 4.78 is 0. The molecule has 0 heterocycles. The van der Waals surface area contributed by atoms with Gasteiger partial charge in [0.05, 0.1) is 5.76 Å². The monoisotopic (exact) mass is 222 g/mol. The summed E-state index contributed by atoms with van der Waals surface area (Å²) in [6.07, 6.45) is 6.12. The highest BCUT2D eigenvalue weighted by molar-refractivity contribution is 5.11. The third-order valence-electron chi connectivity index (χ3n) is 5.60. The first-order chi connectivity index (χ1) is 7.47. The smallest absolute Gasteiger partial charge is 0.0915 e. The van der Waals surface area contributed by atoms with E-state index in [0.29, 0.717) is 11.7 Å². The normalized spacial score (nSPS) is 48.4. The molecule has 0 aromatic heterocycles. The maximum Gasteiger partial charge on any atom is 0.0915 e. The van der Waals surface area contributed by atoms with Crippen LogP contribution in [0.2, 0.25) is 0 Å². The van der Waals surface area contributed by atoms with Crippen LogP contribution in [0.1, 0.15) is 52.9 Å². The van der Waals surface area contributed by atoms with Gasteiger partial charge in [-0.05, 0) is 55.8 Å². The summed E-state index contributed by atoms with van der Waals surface area (Å²) in [5.41, 5.74) is 0.0679. The molecule has 2 aliphatic rings. The molecule has 1 unspecified atom stereocenters. The third kappa shape index (κ3) is 1.69. The van der Waals surface area contributed by atoms with Crippen molar-refractivity contribution in [1.82, 2.24) is 0 Å². The fourth-order valence-corrected chi connectivity index (χ4v) is 4.14. The van der Waals surface area contributed by atoms with Gasteiger partial charge >= 0.3 is 0 Å². The molecule has 0 spiro atoms. The van der Waals surface area contributed by atoms with Crippen molar-refractivity contribution in [2.45, 2.75) is 52.9 Å². The van der Waals surface area contributed by atoms with Gasteiger partial charge in [-0.15, -0.1) is 0 Å². The van der Waals surface area contributed by atoms with Crippen LogP contribution in [0.5, 0.6) is 0 Å². The lowest BCUT2D eigenvalue weighted by Crippen LogP contribution is -2.46. The first kappa shape index (κ1) is 12.0. The fourth-order valence-electron chi connectivity index (χ4n) is 4.14. The molecule has 0 saturated heterocycles. The molecule has 2 rings (SSSR count). The van der Waals surface area contributed by atoms with Gasteiger partial charge in [-0.1, -0.05) is 27.4 Å². The Kier molecular flexibility index (Phi) is 3.07. The number of aliphatic hydroxyl groups excluding tert-OH is 1. The van der Waals surface area contributed by atoms with Gasteiger partial charge in [0.1, 0.15) is 0 Å². The van der Waals surface area contributed by atoms with Crippen LogP contribution in [0.4, 0.5) is 0 Å². The lowest BCUT2D eigenvalue weighted by molar-refractivity contribution is -0.0334. The minimum Gasteiger partial charge on any atom is -0.512 e. The summed E-state index contributed by atoms with van der Waals surface area (Å²) in [7, 11) is 0. The molecule has 5 atom stereocenters. The molecule has 1 nitrogen and oxygen atoms in total. The highest BCUT2D eigenvalue weighted by Crippen LogP contribution is 2.58. The van der Waals surface area contributed by atoms with Gasteiger partial charge < -0.3 is 5.11 Å². The van der Waals surface area contributed by atoms with E-state index in [-0.39, 0.29) is 5.41 Å². The predicted octanol–water partition coefficient (Wildman–Crippen LogP) is 4.55. The van der Waals surface area contributed by atoms with Crippen molar-refractivity contribution >= 4 is 0 Å². The number of rotatable bonds is 1. The molecule has 1 heteroatoms. The quantitative estimate of drug-likeness (QED) is 0.645. The Morgan fingerprint density at radius 2 is 1.81 bits per heavy atom. The zero-order valence-electron chi connectivity index (χ0n) is 11.0. The number of aliphatic hydroxyl groups is 1. The largest absolute Gasteiger partial charge is 0.512 e. The molecule has 0 aliphatic heterocycles. The van der Waals surface area contributed by atoms with Crippen LogP contribution in [0.3, 0.4) is 0 Å².